The number of unbranched alkanes of at least 4 members (excludes halogenated alkanes) is 1. The van der Waals surface area contributed by atoms with Crippen molar-refractivity contribution in [1.29, 1.82) is 0 Å². The molecule has 1 aromatic carbocycles. The van der Waals surface area contributed by atoms with E-state index in [9.17, 15) is 9.59 Å². The van der Waals surface area contributed by atoms with Crippen LogP contribution in [-0.2, 0) is 14.4 Å². The Bertz CT molecular complexity index is 974. The van der Waals surface area contributed by atoms with E-state index in [0.717, 1.165) is 59.6 Å². The SMILES string of the molecule is CCCCN1/C(=C/C=C2/SC(=S)N(CC(=O)O)C2=O)Sc2ccc(C(CCC)NOC)cc21. The number of carbonyl (C=O) groups is 2. The lowest BCUT2D eigenvalue weighted by Gasteiger charge is -2.22. The molecule has 1 unspecified atom stereocenters. The number of carboxylic acid groups (broad SMARTS) is 1. The summed E-state index contributed by atoms with van der Waals surface area (Å²) in [4.78, 5) is 33.9. The Morgan fingerprint density at radius 3 is 2.70 bits per heavy atom. The number of amides is 1. The minimum absolute atomic E-state index is 0.118. The molecule has 33 heavy (non-hydrogen) atoms. The van der Waals surface area contributed by atoms with Crippen molar-refractivity contribution in [3.63, 3.8) is 0 Å². The topological polar surface area (TPSA) is 82.1 Å². The summed E-state index contributed by atoms with van der Waals surface area (Å²) in [5.74, 6) is -1.45. The Labute approximate surface area is 208 Å². The number of hydrogen-bond acceptors (Lipinski definition) is 8. The number of carbonyl (C=O) groups excluding carboxylic acids is 1. The summed E-state index contributed by atoms with van der Waals surface area (Å²) in [6, 6.07) is 6.61. The van der Waals surface area contributed by atoms with Crippen LogP contribution in [0.2, 0.25) is 0 Å². The largest absolute Gasteiger partial charge is 0.480 e. The molecule has 2 aliphatic heterocycles. The van der Waals surface area contributed by atoms with Crippen LogP contribution in [0.25, 0.3) is 0 Å². The van der Waals surface area contributed by atoms with Gasteiger partial charge in [0.05, 0.1) is 28.8 Å². The molecule has 2 N–H and O–H groups in total. The number of thioether (sulfide) groups is 2. The maximum absolute atomic E-state index is 12.6. The summed E-state index contributed by atoms with van der Waals surface area (Å²) in [6.45, 7) is 4.77. The van der Waals surface area contributed by atoms with E-state index in [-0.39, 0.29) is 16.3 Å². The number of fused-ring (bicyclic) bond motifs is 1. The molecule has 3 rings (SSSR count). The molecule has 1 amide bonds. The quantitative estimate of drug-likeness (QED) is 0.243. The van der Waals surface area contributed by atoms with Crippen LogP contribution in [0.1, 0.15) is 51.1 Å². The molecule has 2 aliphatic rings. The highest BCUT2D eigenvalue weighted by Gasteiger charge is 2.33. The summed E-state index contributed by atoms with van der Waals surface area (Å²) < 4.78 is 0.273. The van der Waals surface area contributed by atoms with Crippen LogP contribution in [-0.4, -0.2) is 46.4 Å². The number of nitrogens with zero attached hydrogens (tertiary/aromatic N) is 2. The predicted molar refractivity (Wildman–Crippen MR) is 138 cm³/mol. The van der Waals surface area contributed by atoms with Gasteiger partial charge in [-0.05, 0) is 42.7 Å². The molecule has 1 fully saturated rings. The molecule has 2 heterocycles. The highest BCUT2D eigenvalue weighted by atomic mass is 32.2. The lowest BCUT2D eigenvalue weighted by Crippen LogP contribution is -2.33. The third kappa shape index (κ3) is 6.19. The van der Waals surface area contributed by atoms with E-state index in [0.29, 0.717) is 4.91 Å². The number of hydroxylamine groups is 1. The average Bonchev–Trinajstić information content (AvgIpc) is 3.26. The molecule has 178 valence electrons. The molecule has 0 saturated carbocycles. The smallest absolute Gasteiger partial charge is 0.323 e. The Kier molecular flexibility index (Phi) is 9.39. The Hall–Kier alpha value is -1.85. The van der Waals surface area contributed by atoms with Crippen molar-refractivity contribution in [2.75, 3.05) is 25.1 Å². The van der Waals surface area contributed by atoms with E-state index in [4.69, 9.17) is 22.2 Å². The standard InChI is InChI=1S/C23H29N3O4S3/c1-4-6-12-25-17-13-15(16(7-5-2)24-30-3)8-9-18(17)32-20(25)11-10-19-22(29)26(14-21(27)28)23(31)33-19/h8-11,13,16,24H,4-7,12,14H2,1-3H3,(H,27,28)/b19-10+,20-11-. The van der Waals surface area contributed by atoms with E-state index in [1.54, 1.807) is 24.9 Å². The van der Waals surface area contributed by atoms with Gasteiger partial charge < -0.3 is 14.8 Å². The number of hydrogen-bond donors (Lipinski definition) is 2. The van der Waals surface area contributed by atoms with Gasteiger partial charge in [0, 0.05) is 11.4 Å². The number of aliphatic carboxylic acids is 1. The summed E-state index contributed by atoms with van der Waals surface area (Å²) in [7, 11) is 1.64. The minimum atomic E-state index is -1.08. The van der Waals surface area contributed by atoms with Crippen LogP contribution >= 0.6 is 35.7 Å². The first-order valence-corrected chi connectivity index (χ1v) is 13.0. The number of nitrogens with one attached hydrogen (secondary N) is 1. The van der Waals surface area contributed by atoms with E-state index in [2.05, 4.69) is 42.4 Å². The third-order valence-electron chi connectivity index (χ3n) is 5.27. The zero-order chi connectivity index (χ0) is 24.0. The highest BCUT2D eigenvalue weighted by molar-refractivity contribution is 8.26. The molecule has 7 nitrogen and oxygen atoms in total. The molecule has 0 aliphatic carbocycles. The van der Waals surface area contributed by atoms with Gasteiger partial charge in [-0.15, -0.1) is 0 Å². The van der Waals surface area contributed by atoms with Gasteiger partial charge in [-0.2, -0.15) is 5.48 Å². The monoisotopic (exact) mass is 507 g/mol. The number of allylic oxidation sites excluding steroid dienone is 2. The second kappa shape index (κ2) is 12.0. The summed E-state index contributed by atoms with van der Waals surface area (Å²) in [6.07, 6.45) is 7.80. The Balaban J connectivity index is 1.88. The average molecular weight is 508 g/mol. The van der Waals surface area contributed by atoms with Crippen LogP contribution in [0.5, 0.6) is 0 Å². The van der Waals surface area contributed by atoms with Gasteiger partial charge in [0.15, 0.2) is 0 Å². The number of benzene rings is 1. The fourth-order valence-electron chi connectivity index (χ4n) is 3.66. The first kappa shape index (κ1) is 25.8. The van der Waals surface area contributed by atoms with Crippen molar-refractivity contribution in [2.24, 2.45) is 0 Å². The van der Waals surface area contributed by atoms with Crippen molar-refractivity contribution in [1.82, 2.24) is 10.4 Å². The lowest BCUT2D eigenvalue weighted by atomic mass is 10.0. The molecule has 0 radical (unpaired) electrons. The van der Waals surface area contributed by atoms with Gasteiger partial charge >= 0.3 is 5.97 Å². The Morgan fingerprint density at radius 1 is 1.24 bits per heavy atom. The normalized spacial score (nSPS) is 19.1. The zero-order valence-electron chi connectivity index (χ0n) is 19.0. The van der Waals surface area contributed by atoms with Gasteiger partial charge in [-0.25, -0.2) is 0 Å². The van der Waals surface area contributed by atoms with Gasteiger partial charge in [0.1, 0.15) is 10.9 Å². The highest BCUT2D eigenvalue weighted by Crippen LogP contribution is 2.47. The fraction of sp³-hybridized carbons (Fsp3) is 0.435. The van der Waals surface area contributed by atoms with Crippen LogP contribution in [0.3, 0.4) is 0 Å². The molecule has 1 saturated heterocycles. The minimum Gasteiger partial charge on any atom is -0.480 e. The second-order valence-corrected chi connectivity index (χ2v) is 10.4. The van der Waals surface area contributed by atoms with Crippen LogP contribution in [0, 0.1) is 0 Å². The number of anilines is 1. The maximum atomic E-state index is 12.6. The number of carboxylic acids is 1. The van der Waals surface area contributed by atoms with Gasteiger partial charge in [0.25, 0.3) is 5.91 Å². The molecular formula is C23H29N3O4S3. The van der Waals surface area contributed by atoms with Crippen LogP contribution < -0.4 is 10.4 Å². The third-order valence-corrected chi connectivity index (χ3v) is 7.80. The number of thiocarbonyl (C=S) groups is 1. The van der Waals surface area contributed by atoms with Crippen molar-refractivity contribution < 1.29 is 19.5 Å². The summed E-state index contributed by atoms with van der Waals surface area (Å²) in [5, 5.41) is 10.1. The Morgan fingerprint density at radius 2 is 2.03 bits per heavy atom. The van der Waals surface area contributed by atoms with Crippen molar-refractivity contribution in [3.8, 4) is 0 Å². The molecule has 10 heteroatoms. The molecule has 0 aromatic heterocycles. The first-order chi connectivity index (χ1) is 15.9. The lowest BCUT2D eigenvalue weighted by molar-refractivity contribution is -0.140. The maximum Gasteiger partial charge on any atom is 0.323 e. The van der Waals surface area contributed by atoms with E-state index in [1.807, 2.05) is 6.08 Å². The van der Waals surface area contributed by atoms with Gasteiger partial charge in [-0.3, -0.25) is 14.5 Å². The zero-order valence-corrected chi connectivity index (χ0v) is 21.4. The van der Waals surface area contributed by atoms with E-state index >= 15 is 0 Å². The summed E-state index contributed by atoms with van der Waals surface area (Å²) in [5.41, 5.74) is 5.43. The number of rotatable bonds is 11. The van der Waals surface area contributed by atoms with Crippen molar-refractivity contribution >= 4 is 57.6 Å². The molecular weight excluding hydrogens is 478 g/mol. The van der Waals surface area contributed by atoms with E-state index in [1.165, 1.54) is 10.5 Å². The van der Waals surface area contributed by atoms with Crippen LogP contribution in [0.4, 0.5) is 5.69 Å². The van der Waals surface area contributed by atoms with Gasteiger partial charge in [-0.1, -0.05) is 68.5 Å². The van der Waals surface area contributed by atoms with Crippen LogP contribution in [0.15, 0.2) is 45.2 Å². The second-order valence-electron chi connectivity index (χ2n) is 7.69. The molecule has 1 atom stereocenters. The predicted octanol–water partition coefficient (Wildman–Crippen LogP) is 5.06. The molecule has 0 bridgehead atoms. The molecule has 1 aromatic rings. The summed E-state index contributed by atoms with van der Waals surface area (Å²) >= 11 is 8.00. The van der Waals surface area contributed by atoms with E-state index < -0.39 is 12.5 Å². The molecule has 0 spiro atoms. The van der Waals surface area contributed by atoms with Gasteiger partial charge in [0.2, 0.25) is 0 Å². The van der Waals surface area contributed by atoms with Crippen molar-refractivity contribution in [3.05, 3.63) is 45.8 Å². The fourth-order valence-corrected chi connectivity index (χ4v) is 5.93. The van der Waals surface area contributed by atoms with Crippen molar-refractivity contribution in [2.45, 2.75) is 50.5 Å². The first-order valence-electron chi connectivity index (χ1n) is 10.9.